The molecule has 1 saturated heterocycles. The van der Waals surface area contributed by atoms with E-state index in [1.165, 1.54) is 11.8 Å². The molecule has 1 amide bonds. The molecular weight excluding hydrogens is 302 g/mol. The smallest absolute Gasteiger partial charge is 0.233 e. The summed E-state index contributed by atoms with van der Waals surface area (Å²) in [6.07, 6.45) is 2.27. The van der Waals surface area contributed by atoms with E-state index in [4.69, 9.17) is 14.2 Å². The number of hydrogen-bond donors (Lipinski definition) is 1. The van der Waals surface area contributed by atoms with Crippen LogP contribution in [0.5, 0.6) is 11.5 Å². The van der Waals surface area contributed by atoms with Gasteiger partial charge in [0.2, 0.25) is 5.91 Å². The van der Waals surface area contributed by atoms with Crippen LogP contribution in [0.25, 0.3) is 0 Å². The quantitative estimate of drug-likeness (QED) is 0.781. The molecular formula is C16H23NO4S. The molecule has 2 atom stereocenters. The van der Waals surface area contributed by atoms with Crippen LogP contribution >= 0.6 is 11.8 Å². The zero-order valence-electron chi connectivity index (χ0n) is 13.3. The first kappa shape index (κ1) is 17.0. The number of benzene rings is 1. The minimum atomic E-state index is -0.181. The number of ether oxygens (including phenoxy) is 3. The van der Waals surface area contributed by atoms with Gasteiger partial charge in [0.1, 0.15) is 0 Å². The number of thioether (sulfide) groups is 1. The predicted molar refractivity (Wildman–Crippen MR) is 86.8 cm³/mol. The fraction of sp³-hybridized carbons (Fsp3) is 0.562. The van der Waals surface area contributed by atoms with Gasteiger partial charge in [0.15, 0.2) is 11.5 Å². The summed E-state index contributed by atoms with van der Waals surface area (Å²) in [7, 11) is 3.20. The summed E-state index contributed by atoms with van der Waals surface area (Å²) in [6.45, 7) is 3.29. The maximum atomic E-state index is 12.1. The SMILES string of the molecule is COc1ccc(S[C@H](C)C(=O)NC[C@H]2CCCO2)cc1OC. The van der Waals surface area contributed by atoms with E-state index in [-0.39, 0.29) is 17.3 Å². The molecule has 0 aromatic heterocycles. The Bertz CT molecular complexity index is 503. The Morgan fingerprint density at radius 3 is 2.82 bits per heavy atom. The van der Waals surface area contributed by atoms with Crippen molar-refractivity contribution in [3.63, 3.8) is 0 Å². The minimum Gasteiger partial charge on any atom is -0.493 e. The first-order chi connectivity index (χ1) is 10.6. The van der Waals surface area contributed by atoms with Crippen LogP contribution in [0, 0.1) is 0 Å². The van der Waals surface area contributed by atoms with Crippen molar-refractivity contribution in [2.24, 2.45) is 0 Å². The number of methoxy groups -OCH3 is 2. The van der Waals surface area contributed by atoms with E-state index in [0.717, 1.165) is 24.3 Å². The maximum absolute atomic E-state index is 12.1. The van der Waals surface area contributed by atoms with Gasteiger partial charge in [-0.15, -0.1) is 11.8 Å². The second-order valence-corrected chi connectivity index (χ2v) is 6.57. The Morgan fingerprint density at radius 2 is 2.18 bits per heavy atom. The van der Waals surface area contributed by atoms with Crippen molar-refractivity contribution in [1.82, 2.24) is 5.32 Å². The summed E-state index contributed by atoms with van der Waals surface area (Å²) in [6, 6.07) is 5.65. The third kappa shape index (κ3) is 4.55. The van der Waals surface area contributed by atoms with Crippen molar-refractivity contribution in [2.75, 3.05) is 27.4 Å². The van der Waals surface area contributed by atoms with Crippen LogP contribution in [0.4, 0.5) is 0 Å². The van der Waals surface area contributed by atoms with E-state index in [9.17, 15) is 4.79 Å². The van der Waals surface area contributed by atoms with Crippen LogP contribution in [-0.4, -0.2) is 44.6 Å². The van der Waals surface area contributed by atoms with Gasteiger partial charge in [-0.25, -0.2) is 0 Å². The van der Waals surface area contributed by atoms with E-state index in [2.05, 4.69) is 5.32 Å². The lowest BCUT2D eigenvalue weighted by Crippen LogP contribution is -2.36. The number of carbonyl (C=O) groups excluding carboxylic acids is 1. The summed E-state index contributed by atoms with van der Waals surface area (Å²) in [5.41, 5.74) is 0. The molecule has 1 N–H and O–H groups in total. The summed E-state index contributed by atoms with van der Waals surface area (Å²) < 4.78 is 16.0. The summed E-state index contributed by atoms with van der Waals surface area (Å²) in [4.78, 5) is 13.1. The molecule has 22 heavy (non-hydrogen) atoms. The van der Waals surface area contributed by atoms with Gasteiger partial charge >= 0.3 is 0 Å². The van der Waals surface area contributed by atoms with Gasteiger partial charge in [0.05, 0.1) is 25.6 Å². The van der Waals surface area contributed by atoms with Crippen molar-refractivity contribution < 1.29 is 19.0 Å². The Hall–Kier alpha value is -1.40. The number of carbonyl (C=O) groups is 1. The molecule has 1 heterocycles. The number of rotatable bonds is 7. The average molecular weight is 325 g/mol. The van der Waals surface area contributed by atoms with Crippen molar-refractivity contribution in [3.05, 3.63) is 18.2 Å². The lowest BCUT2D eigenvalue weighted by molar-refractivity contribution is -0.120. The van der Waals surface area contributed by atoms with Crippen LogP contribution in [0.3, 0.4) is 0 Å². The molecule has 6 heteroatoms. The summed E-state index contributed by atoms with van der Waals surface area (Å²) in [5, 5.41) is 2.77. The number of amides is 1. The lowest BCUT2D eigenvalue weighted by atomic mass is 10.2. The molecule has 0 saturated carbocycles. The maximum Gasteiger partial charge on any atom is 0.233 e. The zero-order valence-corrected chi connectivity index (χ0v) is 14.1. The van der Waals surface area contributed by atoms with Crippen molar-refractivity contribution in [2.45, 2.75) is 36.0 Å². The molecule has 0 bridgehead atoms. The molecule has 1 aromatic carbocycles. The highest BCUT2D eigenvalue weighted by Gasteiger charge is 2.19. The Balaban J connectivity index is 1.87. The van der Waals surface area contributed by atoms with Crippen LogP contribution in [0.1, 0.15) is 19.8 Å². The molecule has 0 aliphatic carbocycles. The fourth-order valence-corrected chi connectivity index (χ4v) is 3.23. The topological polar surface area (TPSA) is 56.8 Å². The van der Waals surface area contributed by atoms with E-state index in [1.54, 1.807) is 14.2 Å². The lowest BCUT2D eigenvalue weighted by Gasteiger charge is -2.15. The highest BCUT2D eigenvalue weighted by atomic mass is 32.2. The van der Waals surface area contributed by atoms with Gasteiger partial charge in [-0.05, 0) is 38.0 Å². The van der Waals surface area contributed by atoms with E-state index < -0.39 is 0 Å². The molecule has 1 fully saturated rings. The molecule has 1 aromatic rings. The molecule has 1 aliphatic heterocycles. The molecule has 5 nitrogen and oxygen atoms in total. The monoisotopic (exact) mass is 325 g/mol. The largest absolute Gasteiger partial charge is 0.493 e. The first-order valence-corrected chi connectivity index (χ1v) is 8.30. The van der Waals surface area contributed by atoms with Crippen molar-refractivity contribution in [3.8, 4) is 11.5 Å². The Morgan fingerprint density at radius 1 is 1.41 bits per heavy atom. The van der Waals surface area contributed by atoms with E-state index in [0.29, 0.717) is 18.0 Å². The Kier molecular flexibility index (Phi) is 6.39. The van der Waals surface area contributed by atoms with Gasteiger partial charge in [0.25, 0.3) is 0 Å². The van der Waals surface area contributed by atoms with Crippen molar-refractivity contribution in [1.29, 1.82) is 0 Å². The molecule has 122 valence electrons. The van der Waals surface area contributed by atoms with Gasteiger partial charge in [0, 0.05) is 18.0 Å². The molecule has 1 aliphatic rings. The number of hydrogen-bond acceptors (Lipinski definition) is 5. The third-order valence-corrected chi connectivity index (χ3v) is 4.66. The van der Waals surface area contributed by atoms with Gasteiger partial charge in [-0.3, -0.25) is 4.79 Å². The highest BCUT2D eigenvalue weighted by molar-refractivity contribution is 8.00. The first-order valence-electron chi connectivity index (χ1n) is 7.42. The zero-order chi connectivity index (χ0) is 15.9. The molecule has 0 radical (unpaired) electrons. The Labute approximate surface area is 135 Å². The van der Waals surface area contributed by atoms with E-state index in [1.807, 2.05) is 25.1 Å². The van der Waals surface area contributed by atoms with Crippen LogP contribution in [0.15, 0.2) is 23.1 Å². The second-order valence-electron chi connectivity index (χ2n) is 5.16. The normalized spacial score (nSPS) is 18.8. The van der Waals surface area contributed by atoms with Gasteiger partial charge in [-0.1, -0.05) is 0 Å². The average Bonchev–Trinajstić information content (AvgIpc) is 3.05. The molecule has 2 rings (SSSR count). The minimum absolute atomic E-state index is 0.0234. The van der Waals surface area contributed by atoms with Crippen molar-refractivity contribution >= 4 is 17.7 Å². The predicted octanol–water partition coefficient (Wildman–Crippen LogP) is 2.48. The third-order valence-electron chi connectivity index (χ3n) is 3.57. The second kappa shape index (κ2) is 8.29. The van der Waals surface area contributed by atoms with Crippen LogP contribution in [-0.2, 0) is 9.53 Å². The standard InChI is InChI=1S/C16H23NO4S/c1-11(16(18)17-10-12-5-4-8-21-12)22-13-6-7-14(19-2)15(9-13)20-3/h6-7,9,11-12H,4-5,8,10H2,1-3H3,(H,17,18)/t11-,12-/m1/s1. The fourth-order valence-electron chi connectivity index (χ4n) is 2.31. The van der Waals surface area contributed by atoms with Gasteiger partial charge in [-0.2, -0.15) is 0 Å². The molecule has 0 unspecified atom stereocenters. The number of nitrogens with one attached hydrogen (secondary N) is 1. The highest BCUT2D eigenvalue weighted by Crippen LogP contribution is 2.33. The van der Waals surface area contributed by atoms with Crippen LogP contribution < -0.4 is 14.8 Å². The van der Waals surface area contributed by atoms with E-state index >= 15 is 0 Å². The van der Waals surface area contributed by atoms with Crippen LogP contribution in [0.2, 0.25) is 0 Å². The summed E-state index contributed by atoms with van der Waals surface area (Å²) >= 11 is 1.49. The molecule has 0 spiro atoms. The summed E-state index contributed by atoms with van der Waals surface area (Å²) in [5.74, 6) is 1.37. The van der Waals surface area contributed by atoms with Gasteiger partial charge < -0.3 is 19.5 Å².